The molecule has 2 aromatic rings. The minimum Gasteiger partial charge on any atom is -0.491 e. The molecule has 1 saturated heterocycles. The first-order valence-corrected chi connectivity index (χ1v) is 13.5. The zero-order valence-electron chi connectivity index (χ0n) is 21.3. The summed E-state index contributed by atoms with van der Waals surface area (Å²) in [6.45, 7) is 6.33. The molecular weight excluding hydrogens is 440 g/mol. The SMILES string of the molecule is Cc1ccc(C2CCC(c3ccc(OCCOCCOCCOC4CCCCO4)cc3)CC2)cc1. The monoisotopic (exact) mass is 482 g/mol. The molecule has 2 aromatic carbocycles. The van der Waals surface area contributed by atoms with E-state index >= 15 is 0 Å². The van der Waals surface area contributed by atoms with E-state index in [0.717, 1.165) is 25.2 Å². The van der Waals surface area contributed by atoms with E-state index in [4.69, 9.17) is 23.7 Å². The third-order valence-electron chi connectivity index (χ3n) is 7.17. The van der Waals surface area contributed by atoms with Crippen LogP contribution in [0.5, 0.6) is 5.75 Å². The van der Waals surface area contributed by atoms with Crippen LogP contribution >= 0.6 is 0 Å². The van der Waals surface area contributed by atoms with Crippen LogP contribution in [0.4, 0.5) is 0 Å². The standard InChI is InChI=1S/C30H42O5/c1-24-5-7-25(8-6-24)26-9-11-27(12-10-26)28-13-15-29(16-14-28)33-22-20-31-18-19-32-21-23-35-30-4-2-3-17-34-30/h5-8,13-16,26-27,30H,2-4,9-12,17-23H2,1H3. The highest BCUT2D eigenvalue weighted by molar-refractivity contribution is 5.31. The topological polar surface area (TPSA) is 46.2 Å². The smallest absolute Gasteiger partial charge is 0.157 e. The summed E-state index contributed by atoms with van der Waals surface area (Å²) in [5.41, 5.74) is 4.28. The molecule has 1 aliphatic carbocycles. The van der Waals surface area contributed by atoms with Crippen LogP contribution in [-0.4, -0.2) is 52.5 Å². The molecule has 5 heteroatoms. The molecule has 1 atom stereocenters. The van der Waals surface area contributed by atoms with Gasteiger partial charge in [0.05, 0.1) is 33.0 Å². The fraction of sp³-hybridized carbons (Fsp3) is 0.600. The normalized spacial score (nSPS) is 22.7. The maximum atomic E-state index is 5.85. The van der Waals surface area contributed by atoms with E-state index in [-0.39, 0.29) is 6.29 Å². The molecule has 4 rings (SSSR count). The summed E-state index contributed by atoms with van der Waals surface area (Å²) in [6, 6.07) is 17.8. The van der Waals surface area contributed by atoms with Crippen LogP contribution in [0, 0.1) is 6.92 Å². The Bertz CT molecular complexity index is 821. The summed E-state index contributed by atoms with van der Waals surface area (Å²) < 4.78 is 28.2. The summed E-state index contributed by atoms with van der Waals surface area (Å²) in [5.74, 6) is 2.28. The Kier molecular flexibility index (Phi) is 10.9. The molecule has 35 heavy (non-hydrogen) atoms. The van der Waals surface area contributed by atoms with Crippen molar-refractivity contribution in [2.75, 3.05) is 46.2 Å². The third-order valence-corrected chi connectivity index (χ3v) is 7.17. The molecule has 1 aliphatic heterocycles. The molecule has 0 amide bonds. The largest absolute Gasteiger partial charge is 0.491 e. The van der Waals surface area contributed by atoms with Crippen molar-refractivity contribution < 1.29 is 23.7 Å². The molecular formula is C30H42O5. The van der Waals surface area contributed by atoms with Gasteiger partial charge in [-0.1, -0.05) is 42.0 Å². The third kappa shape index (κ3) is 8.91. The Morgan fingerprint density at radius 2 is 1.23 bits per heavy atom. The zero-order valence-corrected chi connectivity index (χ0v) is 21.3. The Labute approximate surface area is 211 Å². The molecule has 0 radical (unpaired) electrons. The van der Waals surface area contributed by atoms with Gasteiger partial charge in [-0.3, -0.25) is 0 Å². The minimum atomic E-state index is -0.0473. The van der Waals surface area contributed by atoms with Crippen molar-refractivity contribution in [2.24, 2.45) is 0 Å². The zero-order chi connectivity index (χ0) is 24.1. The van der Waals surface area contributed by atoms with E-state index in [1.54, 1.807) is 0 Å². The van der Waals surface area contributed by atoms with Gasteiger partial charge in [-0.25, -0.2) is 0 Å². The predicted octanol–water partition coefficient (Wildman–Crippen LogP) is 6.39. The molecule has 1 saturated carbocycles. The van der Waals surface area contributed by atoms with Gasteiger partial charge in [0, 0.05) is 6.61 Å². The average molecular weight is 483 g/mol. The van der Waals surface area contributed by atoms with Crippen LogP contribution < -0.4 is 4.74 Å². The number of ether oxygens (including phenoxy) is 5. The van der Waals surface area contributed by atoms with Gasteiger partial charge in [-0.15, -0.1) is 0 Å². The maximum Gasteiger partial charge on any atom is 0.157 e. The lowest BCUT2D eigenvalue weighted by molar-refractivity contribution is -0.169. The fourth-order valence-electron chi connectivity index (χ4n) is 5.06. The summed E-state index contributed by atoms with van der Waals surface area (Å²) >= 11 is 0. The van der Waals surface area contributed by atoms with E-state index in [0.29, 0.717) is 51.5 Å². The number of aryl methyl sites for hydroxylation is 1. The molecule has 0 spiro atoms. The van der Waals surface area contributed by atoms with Gasteiger partial charge in [-0.05, 0) is 87.0 Å². The minimum absolute atomic E-state index is 0.0473. The fourth-order valence-corrected chi connectivity index (χ4v) is 5.06. The Morgan fingerprint density at radius 1 is 0.657 bits per heavy atom. The van der Waals surface area contributed by atoms with Crippen LogP contribution in [-0.2, 0) is 18.9 Å². The van der Waals surface area contributed by atoms with Gasteiger partial charge in [0.2, 0.25) is 0 Å². The summed E-state index contributed by atoms with van der Waals surface area (Å²) in [5, 5.41) is 0. The number of hydrogen-bond acceptors (Lipinski definition) is 5. The van der Waals surface area contributed by atoms with Crippen molar-refractivity contribution >= 4 is 0 Å². The van der Waals surface area contributed by atoms with Crippen LogP contribution in [0.15, 0.2) is 48.5 Å². The lowest BCUT2D eigenvalue weighted by Gasteiger charge is -2.29. The quantitative estimate of drug-likeness (QED) is 0.310. The van der Waals surface area contributed by atoms with Crippen molar-refractivity contribution in [1.82, 2.24) is 0 Å². The number of rotatable bonds is 13. The molecule has 1 unspecified atom stereocenters. The highest BCUT2D eigenvalue weighted by Gasteiger charge is 2.23. The van der Waals surface area contributed by atoms with Crippen molar-refractivity contribution in [1.29, 1.82) is 0 Å². The molecule has 0 N–H and O–H groups in total. The molecule has 2 aliphatic rings. The number of benzene rings is 2. The second kappa shape index (κ2) is 14.6. The van der Waals surface area contributed by atoms with E-state index in [1.165, 1.54) is 48.8 Å². The van der Waals surface area contributed by atoms with Crippen molar-refractivity contribution in [3.63, 3.8) is 0 Å². The summed E-state index contributed by atoms with van der Waals surface area (Å²) in [7, 11) is 0. The van der Waals surface area contributed by atoms with Crippen molar-refractivity contribution in [3.8, 4) is 5.75 Å². The molecule has 5 nitrogen and oxygen atoms in total. The molecule has 1 heterocycles. The van der Waals surface area contributed by atoms with Crippen LogP contribution in [0.3, 0.4) is 0 Å². The van der Waals surface area contributed by atoms with Gasteiger partial charge in [0.25, 0.3) is 0 Å². The van der Waals surface area contributed by atoms with E-state index < -0.39 is 0 Å². The Morgan fingerprint density at radius 3 is 1.83 bits per heavy atom. The van der Waals surface area contributed by atoms with Gasteiger partial charge in [0.15, 0.2) is 6.29 Å². The Balaban J connectivity index is 1.02. The molecule has 0 bridgehead atoms. The first kappa shape index (κ1) is 26.2. The van der Waals surface area contributed by atoms with Gasteiger partial charge in [0.1, 0.15) is 12.4 Å². The lowest BCUT2D eigenvalue weighted by atomic mass is 9.76. The van der Waals surface area contributed by atoms with Gasteiger partial charge >= 0.3 is 0 Å². The Hall–Kier alpha value is -1.92. The van der Waals surface area contributed by atoms with Crippen LogP contribution in [0.1, 0.15) is 73.5 Å². The van der Waals surface area contributed by atoms with Crippen molar-refractivity contribution in [3.05, 3.63) is 65.2 Å². The number of hydrogen-bond donors (Lipinski definition) is 0. The highest BCUT2D eigenvalue weighted by Crippen LogP contribution is 2.40. The summed E-state index contributed by atoms with van der Waals surface area (Å²) in [6.07, 6.45) is 8.32. The predicted molar refractivity (Wildman–Crippen MR) is 138 cm³/mol. The lowest BCUT2D eigenvalue weighted by Crippen LogP contribution is -2.24. The molecule has 0 aromatic heterocycles. The molecule has 2 fully saturated rings. The van der Waals surface area contributed by atoms with Gasteiger partial charge in [-0.2, -0.15) is 0 Å². The van der Waals surface area contributed by atoms with Crippen LogP contribution in [0.25, 0.3) is 0 Å². The second-order valence-corrected chi connectivity index (χ2v) is 9.77. The average Bonchev–Trinajstić information content (AvgIpc) is 2.91. The van der Waals surface area contributed by atoms with E-state index in [9.17, 15) is 0 Å². The van der Waals surface area contributed by atoms with E-state index in [1.807, 2.05) is 0 Å². The highest BCUT2D eigenvalue weighted by atomic mass is 16.7. The summed E-state index contributed by atoms with van der Waals surface area (Å²) in [4.78, 5) is 0. The first-order valence-electron chi connectivity index (χ1n) is 13.5. The second-order valence-electron chi connectivity index (χ2n) is 9.77. The maximum absolute atomic E-state index is 5.85. The van der Waals surface area contributed by atoms with Crippen LogP contribution in [0.2, 0.25) is 0 Å². The van der Waals surface area contributed by atoms with Gasteiger partial charge < -0.3 is 23.7 Å². The van der Waals surface area contributed by atoms with E-state index in [2.05, 4.69) is 55.5 Å². The first-order chi connectivity index (χ1) is 17.3. The molecule has 192 valence electrons. The van der Waals surface area contributed by atoms with Crippen molar-refractivity contribution in [2.45, 2.75) is 70.0 Å².